The Morgan fingerprint density at radius 2 is 2.00 bits per heavy atom. The molecule has 0 bridgehead atoms. The second kappa shape index (κ2) is 10.3. The second-order valence-corrected chi connectivity index (χ2v) is 6.80. The summed E-state index contributed by atoms with van der Waals surface area (Å²) in [6, 6.07) is -2.28. The van der Waals surface area contributed by atoms with E-state index in [-0.39, 0.29) is 18.6 Å². The van der Waals surface area contributed by atoms with Gasteiger partial charge in [0.05, 0.1) is 6.20 Å². The SMILES string of the molecule is N[C@H](CCC(=O)N[C@H](CSn1cnc2cncnc21)C(=O)NCC(=O)O)C(=O)O. The highest BCUT2D eigenvalue weighted by atomic mass is 32.2. The molecule has 13 nitrogen and oxygen atoms in total. The number of aliphatic carboxylic acids is 2. The first-order valence-corrected chi connectivity index (χ1v) is 9.25. The summed E-state index contributed by atoms with van der Waals surface area (Å²) < 4.78 is 1.58. The maximum atomic E-state index is 12.3. The first kappa shape index (κ1) is 22.0. The molecule has 2 heterocycles. The zero-order valence-corrected chi connectivity index (χ0v) is 15.8. The molecule has 0 spiro atoms. The summed E-state index contributed by atoms with van der Waals surface area (Å²) in [4.78, 5) is 57.8. The highest BCUT2D eigenvalue weighted by Gasteiger charge is 2.23. The third-order valence-electron chi connectivity index (χ3n) is 3.63. The Morgan fingerprint density at radius 1 is 1.24 bits per heavy atom. The van der Waals surface area contributed by atoms with Gasteiger partial charge in [0.1, 0.15) is 36.8 Å². The van der Waals surface area contributed by atoms with Gasteiger partial charge in [0.2, 0.25) is 11.8 Å². The number of imidazole rings is 1. The minimum absolute atomic E-state index is 0.0393. The fourth-order valence-corrected chi connectivity index (χ4v) is 3.06. The maximum absolute atomic E-state index is 12.3. The minimum atomic E-state index is -1.24. The Morgan fingerprint density at radius 3 is 2.69 bits per heavy atom. The average Bonchev–Trinajstić information content (AvgIpc) is 3.10. The lowest BCUT2D eigenvalue weighted by Gasteiger charge is -2.18. The molecule has 0 radical (unpaired) electrons. The Hall–Kier alpha value is -3.26. The monoisotopic (exact) mass is 425 g/mol. The minimum Gasteiger partial charge on any atom is -0.480 e. The number of aromatic nitrogens is 4. The van der Waals surface area contributed by atoms with Crippen molar-refractivity contribution in [2.75, 3.05) is 12.3 Å². The first-order chi connectivity index (χ1) is 13.8. The van der Waals surface area contributed by atoms with Crippen molar-refractivity contribution in [2.24, 2.45) is 5.73 Å². The molecule has 2 aromatic heterocycles. The van der Waals surface area contributed by atoms with E-state index in [1.165, 1.54) is 18.9 Å². The fraction of sp³-hybridized carbons (Fsp3) is 0.400. The van der Waals surface area contributed by atoms with Crippen molar-refractivity contribution in [3.63, 3.8) is 0 Å². The summed E-state index contributed by atoms with van der Waals surface area (Å²) in [5.74, 6) is -3.72. The molecule has 29 heavy (non-hydrogen) atoms. The van der Waals surface area contributed by atoms with Crippen molar-refractivity contribution in [1.29, 1.82) is 0 Å². The summed E-state index contributed by atoms with van der Waals surface area (Å²) >= 11 is 1.12. The number of fused-ring (bicyclic) bond motifs is 1. The van der Waals surface area contributed by atoms with Gasteiger partial charge in [-0.15, -0.1) is 0 Å². The molecule has 0 aliphatic rings. The standard InChI is InChI=1S/C15H19N7O6S/c16-8(15(27)28)1-2-11(23)21-10(14(26)18-4-12(24)25)5-29-22-7-20-9-3-17-6-19-13(9)22/h3,6-8,10H,1-2,4-5,16H2,(H,18,26)(H,21,23)(H,24,25)(H,27,28)/t8-,10-/m1/s1. The van der Waals surface area contributed by atoms with Crippen LogP contribution in [0.15, 0.2) is 18.9 Å². The molecule has 0 aromatic carbocycles. The number of nitrogens with zero attached hydrogens (tertiary/aromatic N) is 4. The average molecular weight is 425 g/mol. The van der Waals surface area contributed by atoms with Gasteiger partial charge in [-0.05, 0) is 18.4 Å². The molecule has 0 aliphatic heterocycles. The molecule has 0 fully saturated rings. The van der Waals surface area contributed by atoms with E-state index in [1.807, 2.05) is 0 Å². The van der Waals surface area contributed by atoms with Gasteiger partial charge in [0.15, 0.2) is 5.65 Å². The van der Waals surface area contributed by atoms with Crippen molar-refractivity contribution in [3.8, 4) is 0 Å². The number of nitrogens with one attached hydrogen (secondary N) is 2. The zero-order chi connectivity index (χ0) is 21.4. The number of nitrogens with two attached hydrogens (primary N) is 1. The lowest BCUT2D eigenvalue weighted by molar-refractivity contribution is -0.139. The first-order valence-electron chi connectivity index (χ1n) is 8.31. The number of amides is 2. The van der Waals surface area contributed by atoms with Crippen LogP contribution in [0, 0.1) is 0 Å². The Labute approximate surface area is 168 Å². The number of carboxylic acid groups (broad SMARTS) is 2. The number of carbonyl (C=O) groups is 4. The van der Waals surface area contributed by atoms with E-state index in [0.717, 1.165) is 11.9 Å². The largest absolute Gasteiger partial charge is 0.480 e. The lowest BCUT2D eigenvalue weighted by atomic mass is 10.1. The summed E-state index contributed by atoms with van der Waals surface area (Å²) in [6.07, 6.45) is 4.02. The van der Waals surface area contributed by atoms with Crippen LogP contribution in [0.1, 0.15) is 12.8 Å². The quantitative estimate of drug-likeness (QED) is 0.272. The van der Waals surface area contributed by atoms with Gasteiger partial charge in [0.25, 0.3) is 0 Å². The van der Waals surface area contributed by atoms with Gasteiger partial charge >= 0.3 is 11.9 Å². The molecule has 14 heteroatoms. The summed E-state index contributed by atoms with van der Waals surface area (Å²) in [5.41, 5.74) is 6.41. The van der Waals surface area contributed by atoms with Crippen LogP contribution in [-0.2, 0) is 19.2 Å². The van der Waals surface area contributed by atoms with Gasteiger partial charge in [-0.1, -0.05) is 0 Å². The third-order valence-corrected chi connectivity index (χ3v) is 4.66. The summed E-state index contributed by atoms with van der Waals surface area (Å²) in [5, 5.41) is 22.2. The molecule has 0 aliphatic carbocycles. The molecule has 2 aromatic rings. The Kier molecular flexibility index (Phi) is 7.85. The lowest BCUT2D eigenvalue weighted by Crippen LogP contribution is -2.49. The van der Waals surface area contributed by atoms with Gasteiger partial charge in [0, 0.05) is 12.2 Å². The molecular formula is C15H19N7O6S. The molecule has 2 atom stereocenters. The molecule has 2 rings (SSSR count). The van der Waals surface area contributed by atoms with Crippen molar-refractivity contribution in [2.45, 2.75) is 24.9 Å². The predicted molar refractivity (Wildman–Crippen MR) is 101 cm³/mol. The van der Waals surface area contributed by atoms with Crippen LogP contribution < -0.4 is 16.4 Å². The topological polar surface area (TPSA) is 202 Å². The Bertz CT molecular complexity index is 904. The molecule has 0 saturated heterocycles. The predicted octanol–water partition coefficient (Wildman–Crippen LogP) is -1.80. The highest BCUT2D eigenvalue weighted by molar-refractivity contribution is 7.98. The van der Waals surface area contributed by atoms with E-state index < -0.39 is 42.4 Å². The number of hydrogen-bond acceptors (Lipinski definition) is 9. The molecule has 0 unspecified atom stereocenters. The molecule has 156 valence electrons. The van der Waals surface area contributed by atoms with Crippen LogP contribution in [0.3, 0.4) is 0 Å². The van der Waals surface area contributed by atoms with E-state index in [1.54, 1.807) is 3.97 Å². The maximum Gasteiger partial charge on any atom is 0.322 e. The number of rotatable bonds is 11. The van der Waals surface area contributed by atoms with Crippen molar-refractivity contribution < 1.29 is 29.4 Å². The fourth-order valence-electron chi connectivity index (χ4n) is 2.14. The highest BCUT2D eigenvalue weighted by Crippen LogP contribution is 2.16. The van der Waals surface area contributed by atoms with Crippen molar-refractivity contribution >= 4 is 46.9 Å². The zero-order valence-electron chi connectivity index (χ0n) is 15.0. The third kappa shape index (κ3) is 6.69. The smallest absolute Gasteiger partial charge is 0.322 e. The number of carbonyl (C=O) groups excluding carboxylic acids is 2. The summed E-state index contributed by atoms with van der Waals surface area (Å²) in [6.45, 7) is -0.610. The van der Waals surface area contributed by atoms with Gasteiger partial charge in [-0.3, -0.25) is 23.2 Å². The second-order valence-electron chi connectivity index (χ2n) is 5.81. The van der Waals surface area contributed by atoms with Gasteiger partial charge in [-0.25, -0.2) is 15.0 Å². The Balaban J connectivity index is 2.01. The normalized spacial score (nSPS) is 12.9. The molecular weight excluding hydrogens is 406 g/mol. The van der Waals surface area contributed by atoms with Crippen molar-refractivity contribution in [3.05, 3.63) is 18.9 Å². The van der Waals surface area contributed by atoms with E-state index >= 15 is 0 Å². The summed E-state index contributed by atoms with van der Waals surface area (Å²) in [7, 11) is 0. The number of carboxylic acids is 2. The molecule has 2 amide bonds. The van der Waals surface area contributed by atoms with E-state index in [2.05, 4.69) is 25.6 Å². The van der Waals surface area contributed by atoms with Crippen LogP contribution in [0.25, 0.3) is 11.2 Å². The molecule has 0 saturated carbocycles. The van der Waals surface area contributed by atoms with E-state index in [4.69, 9.17) is 15.9 Å². The van der Waals surface area contributed by atoms with Crippen LogP contribution in [0.2, 0.25) is 0 Å². The van der Waals surface area contributed by atoms with Gasteiger partial charge in [-0.2, -0.15) is 0 Å². The van der Waals surface area contributed by atoms with Crippen molar-refractivity contribution in [1.82, 2.24) is 29.6 Å². The number of hydrogen-bond donors (Lipinski definition) is 5. The van der Waals surface area contributed by atoms with Gasteiger partial charge < -0.3 is 26.6 Å². The van der Waals surface area contributed by atoms with Crippen LogP contribution in [0.5, 0.6) is 0 Å². The van der Waals surface area contributed by atoms with E-state index in [9.17, 15) is 19.2 Å². The van der Waals surface area contributed by atoms with Crippen LogP contribution in [0.4, 0.5) is 0 Å². The van der Waals surface area contributed by atoms with Crippen LogP contribution in [-0.4, -0.2) is 77.3 Å². The van der Waals surface area contributed by atoms with Crippen LogP contribution >= 0.6 is 11.9 Å². The van der Waals surface area contributed by atoms with E-state index in [0.29, 0.717) is 11.2 Å². The molecule has 6 N–H and O–H groups in total.